The van der Waals surface area contributed by atoms with E-state index in [2.05, 4.69) is 5.32 Å². The summed E-state index contributed by atoms with van der Waals surface area (Å²) in [6, 6.07) is 5.76. The number of aliphatic hydroxyl groups is 1. The van der Waals surface area contributed by atoms with Gasteiger partial charge in [-0.25, -0.2) is 9.59 Å². The second-order valence-corrected chi connectivity index (χ2v) is 4.64. The zero-order chi connectivity index (χ0) is 14.0. The normalized spacial score (nSPS) is 22.3. The number of carboxylic acids is 1. The highest BCUT2D eigenvalue weighted by Crippen LogP contribution is 2.21. The number of rotatable bonds is 2. The van der Waals surface area contributed by atoms with Gasteiger partial charge in [0.25, 0.3) is 0 Å². The lowest BCUT2D eigenvalue weighted by atomic mass is 10.2. The van der Waals surface area contributed by atoms with E-state index in [1.54, 1.807) is 12.1 Å². The van der Waals surface area contributed by atoms with Crippen molar-refractivity contribution in [2.45, 2.75) is 25.5 Å². The van der Waals surface area contributed by atoms with Crippen LogP contribution in [0.25, 0.3) is 0 Å². The quantitative estimate of drug-likeness (QED) is 0.744. The molecule has 3 N–H and O–H groups in total. The average Bonchev–Trinajstić information content (AvgIpc) is 2.74. The van der Waals surface area contributed by atoms with Gasteiger partial charge >= 0.3 is 12.0 Å². The van der Waals surface area contributed by atoms with Crippen LogP contribution in [0.5, 0.6) is 0 Å². The molecule has 6 heteroatoms. The minimum Gasteiger partial charge on any atom is -0.480 e. The third-order valence-electron chi connectivity index (χ3n) is 3.21. The van der Waals surface area contributed by atoms with Crippen LogP contribution >= 0.6 is 0 Å². The number of hydrogen-bond acceptors (Lipinski definition) is 3. The van der Waals surface area contributed by atoms with E-state index in [0.29, 0.717) is 5.69 Å². The number of aliphatic carboxylic acids is 1. The van der Waals surface area contributed by atoms with Gasteiger partial charge in [-0.3, -0.25) is 0 Å². The second kappa shape index (κ2) is 5.27. The largest absolute Gasteiger partial charge is 0.480 e. The number of benzene rings is 1. The molecule has 1 heterocycles. The Balaban J connectivity index is 2.11. The molecule has 0 aromatic heterocycles. The molecule has 2 amide bonds. The van der Waals surface area contributed by atoms with E-state index >= 15 is 0 Å². The molecule has 1 aliphatic rings. The number of aryl methyl sites for hydroxylation is 1. The summed E-state index contributed by atoms with van der Waals surface area (Å²) in [6.07, 6.45) is -0.722. The van der Waals surface area contributed by atoms with Gasteiger partial charge in [-0.05, 0) is 18.6 Å². The SMILES string of the molecule is Cc1ccccc1NC(=O)N1C[C@@H](O)C[C@H]1C(=O)O. The fourth-order valence-electron chi connectivity index (χ4n) is 2.17. The predicted molar refractivity (Wildman–Crippen MR) is 69.0 cm³/mol. The summed E-state index contributed by atoms with van der Waals surface area (Å²) in [5.41, 5.74) is 1.53. The van der Waals surface area contributed by atoms with E-state index in [4.69, 9.17) is 5.11 Å². The number of β-amino-alcohol motifs (C(OH)–C–C–N with tert-alkyl or cyclic N) is 1. The minimum absolute atomic E-state index is 0.0364. The summed E-state index contributed by atoms with van der Waals surface area (Å²) < 4.78 is 0. The van der Waals surface area contributed by atoms with Gasteiger partial charge in [0.15, 0.2) is 0 Å². The standard InChI is InChI=1S/C13H16N2O4/c1-8-4-2-3-5-10(8)14-13(19)15-7-9(16)6-11(15)12(17)18/h2-5,9,11,16H,6-7H2,1H3,(H,14,19)(H,17,18)/t9-,11-/m0/s1. The molecule has 0 bridgehead atoms. The Morgan fingerprint density at radius 2 is 2.05 bits per heavy atom. The van der Waals surface area contributed by atoms with Crippen molar-refractivity contribution in [3.63, 3.8) is 0 Å². The molecule has 0 radical (unpaired) electrons. The molecule has 0 spiro atoms. The molecule has 0 unspecified atom stereocenters. The number of carboxylic acid groups (broad SMARTS) is 1. The lowest BCUT2D eigenvalue weighted by molar-refractivity contribution is -0.141. The first-order valence-electron chi connectivity index (χ1n) is 6.03. The van der Waals surface area contributed by atoms with Crippen molar-refractivity contribution in [2.75, 3.05) is 11.9 Å². The van der Waals surface area contributed by atoms with Crippen LogP contribution in [0.4, 0.5) is 10.5 Å². The third kappa shape index (κ3) is 2.85. The number of urea groups is 1. The number of amides is 2. The average molecular weight is 264 g/mol. The zero-order valence-corrected chi connectivity index (χ0v) is 10.5. The van der Waals surface area contributed by atoms with Gasteiger partial charge in [-0.2, -0.15) is 0 Å². The predicted octanol–water partition coefficient (Wildman–Crippen LogP) is 1.05. The zero-order valence-electron chi connectivity index (χ0n) is 10.5. The summed E-state index contributed by atoms with van der Waals surface area (Å²) in [5.74, 6) is -1.10. The number of hydrogen-bond donors (Lipinski definition) is 3. The second-order valence-electron chi connectivity index (χ2n) is 4.64. The maximum absolute atomic E-state index is 12.1. The number of carbonyl (C=O) groups is 2. The van der Waals surface area contributed by atoms with Crippen molar-refractivity contribution in [3.8, 4) is 0 Å². The molecule has 19 heavy (non-hydrogen) atoms. The van der Waals surface area contributed by atoms with Crippen molar-refractivity contribution in [1.82, 2.24) is 4.90 Å². The van der Waals surface area contributed by atoms with Gasteiger partial charge in [0.2, 0.25) is 0 Å². The topological polar surface area (TPSA) is 89.9 Å². The summed E-state index contributed by atoms with van der Waals surface area (Å²) in [5, 5.41) is 21.2. The Morgan fingerprint density at radius 1 is 1.37 bits per heavy atom. The van der Waals surface area contributed by atoms with E-state index < -0.39 is 24.1 Å². The molecule has 0 saturated carbocycles. The number of carbonyl (C=O) groups excluding carboxylic acids is 1. The first-order chi connectivity index (χ1) is 8.99. The van der Waals surface area contributed by atoms with Crippen molar-refractivity contribution in [1.29, 1.82) is 0 Å². The van der Waals surface area contributed by atoms with E-state index in [9.17, 15) is 14.7 Å². The van der Waals surface area contributed by atoms with Gasteiger partial charge < -0.3 is 20.4 Å². The molecule has 6 nitrogen and oxygen atoms in total. The first kappa shape index (κ1) is 13.4. The van der Waals surface area contributed by atoms with Crippen molar-refractivity contribution in [3.05, 3.63) is 29.8 Å². The van der Waals surface area contributed by atoms with Crippen LogP contribution in [0.3, 0.4) is 0 Å². The van der Waals surface area contributed by atoms with E-state index in [-0.39, 0.29) is 13.0 Å². The number of anilines is 1. The first-order valence-corrected chi connectivity index (χ1v) is 6.03. The van der Waals surface area contributed by atoms with Crippen LogP contribution in [0, 0.1) is 6.92 Å². The molecule has 0 aliphatic carbocycles. The fourth-order valence-corrected chi connectivity index (χ4v) is 2.17. The van der Waals surface area contributed by atoms with Gasteiger partial charge in [0.05, 0.1) is 6.10 Å². The molecular weight excluding hydrogens is 248 g/mol. The monoisotopic (exact) mass is 264 g/mol. The number of nitrogens with one attached hydrogen (secondary N) is 1. The highest BCUT2D eigenvalue weighted by atomic mass is 16.4. The van der Waals surface area contributed by atoms with E-state index in [0.717, 1.165) is 10.5 Å². The lowest BCUT2D eigenvalue weighted by Gasteiger charge is -2.22. The molecule has 102 valence electrons. The molecule has 2 atom stereocenters. The molecular formula is C13H16N2O4. The van der Waals surface area contributed by atoms with Gasteiger partial charge in [-0.15, -0.1) is 0 Å². The number of nitrogens with zero attached hydrogens (tertiary/aromatic N) is 1. The van der Waals surface area contributed by atoms with Crippen molar-refractivity contribution in [2.24, 2.45) is 0 Å². The van der Waals surface area contributed by atoms with Crippen LogP contribution in [0.2, 0.25) is 0 Å². The Kier molecular flexibility index (Phi) is 3.71. The van der Waals surface area contributed by atoms with Gasteiger partial charge in [0, 0.05) is 18.7 Å². The molecule has 2 rings (SSSR count). The fraction of sp³-hybridized carbons (Fsp3) is 0.385. The highest BCUT2D eigenvalue weighted by Gasteiger charge is 2.39. The van der Waals surface area contributed by atoms with E-state index in [1.807, 2.05) is 19.1 Å². The highest BCUT2D eigenvalue weighted by molar-refractivity contribution is 5.93. The Morgan fingerprint density at radius 3 is 2.68 bits per heavy atom. The van der Waals surface area contributed by atoms with Gasteiger partial charge in [-0.1, -0.05) is 18.2 Å². The van der Waals surface area contributed by atoms with Crippen LogP contribution in [0.15, 0.2) is 24.3 Å². The Bertz CT molecular complexity index is 503. The Hall–Kier alpha value is -2.08. The summed E-state index contributed by atoms with van der Waals surface area (Å²) in [6.45, 7) is 1.89. The minimum atomic E-state index is -1.10. The van der Waals surface area contributed by atoms with E-state index in [1.165, 1.54) is 0 Å². The maximum Gasteiger partial charge on any atom is 0.326 e. The lowest BCUT2D eigenvalue weighted by Crippen LogP contribution is -2.43. The van der Waals surface area contributed by atoms with Crippen LogP contribution < -0.4 is 5.32 Å². The molecule has 1 saturated heterocycles. The molecule has 1 aromatic rings. The van der Waals surface area contributed by atoms with Gasteiger partial charge in [0.1, 0.15) is 6.04 Å². The third-order valence-corrected chi connectivity index (χ3v) is 3.21. The summed E-state index contributed by atoms with van der Waals surface area (Å²) in [7, 11) is 0. The molecule has 1 aromatic carbocycles. The van der Waals surface area contributed by atoms with Crippen molar-refractivity contribution >= 4 is 17.7 Å². The number of likely N-dealkylation sites (tertiary alicyclic amines) is 1. The summed E-state index contributed by atoms with van der Waals surface area (Å²) >= 11 is 0. The smallest absolute Gasteiger partial charge is 0.326 e. The molecule has 1 fully saturated rings. The Labute approximate surface area is 110 Å². The molecule has 1 aliphatic heterocycles. The van der Waals surface area contributed by atoms with Crippen LogP contribution in [0.1, 0.15) is 12.0 Å². The summed E-state index contributed by atoms with van der Waals surface area (Å²) in [4.78, 5) is 24.3. The van der Waals surface area contributed by atoms with Crippen LogP contribution in [-0.2, 0) is 4.79 Å². The number of para-hydroxylation sites is 1. The van der Waals surface area contributed by atoms with Crippen molar-refractivity contribution < 1.29 is 19.8 Å². The number of aliphatic hydroxyl groups excluding tert-OH is 1. The van der Waals surface area contributed by atoms with Crippen LogP contribution in [-0.4, -0.2) is 45.8 Å². The maximum atomic E-state index is 12.1.